The molecule has 0 spiro atoms. The Bertz CT molecular complexity index is 757. The molecule has 1 saturated heterocycles. The second-order valence-corrected chi connectivity index (χ2v) is 19.2. The number of hydrogen-bond acceptors (Lipinski definition) is 6. The number of rotatable bonds is 13. The fraction of sp³-hybridized carbons (Fsp3) is 0.826. The second-order valence-electron chi connectivity index (χ2n) is 11.1. The molecule has 1 aromatic heterocycles. The minimum Gasteiger partial charge on any atom is -0.423 e. The third kappa shape index (κ3) is 9.09. The molecule has 2 heterocycles. The van der Waals surface area contributed by atoms with E-state index in [-0.39, 0.29) is 12.3 Å². The number of anilines is 1. The van der Waals surface area contributed by atoms with E-state index in [9.17, 15) is 4.79 Å². The Morgan fingerprint density at radius 1 is 1.22 bits per heavy atom. The summed E-state index contributed by atoms with van der Waals surface area (Å²) in [6.07, 6.45) is 3.57. The number of ether oxygens (including phenoxy) is 2. The van der Waals surface area contributed by atoms with Crippen LogP contribution in [0.1, 0.15) is 39.8 Å². The molecule has 1 aliphatic heterocycles. The van der Waals surface area contributed by atoms with Crippen LogP contribution in [0.5, 0.6) is 0 Å². The molecule has 184 valence electrons. The van der Waals surface area contributed by atoms with E-state index < -0.39 is 17.8 Å². The van der Waals surface area contributed by atoms with Gasteiger partial charge >= 0.3 is 0 Å². The molecule has 0 amide bonds. The van der Waals surface area contributed by atoms with Crippen molar-refractivity contribution in [3.8, 4) is 0 Å². The summed E-state index contributed by atoms with van der Waals surface area (Å²) in [6, 6.07) is 1.09. The lowest BCUT2D eigenvalue weighted by Crippen LogP contribution is -2.41. The van der Waals surface area contributed by atoms with Crippen molar-refractivity contribution >= 4 is 23.7 Å². The van der Waals surface area contributed by atoms with Crippen LogP contribution in [0.25, 0.3) is 0 Å². The largest absolute Gasteiger partial charge is 0.423 e. The van der Waals surface area contributed by atoms with E-state index in [1.165, 1.54) is 0 Å². The van der Waals surface area contributed by atoms with E-state index >= 15 is 0 Å². The number of morpholine rings is 1. The van der Waals surface area contributed by atoms with Crippen LogP contribution in [0.4, 0.5) is 5.82 Å². The lowest BCUT2D eigenvalue weighted by atomic mass is 9.99. The van der Waals surface area contributed by atoms with Crippen LogP contribution in [0.2, 0.25) is 30.7 Å². The summed E-state index contributed by atoms with van der Waals surface area (Å²) < 4.78 is 19.1. The molecule has 0 aliphatic carbocycles. The first-order chi connectivity index (χ1) is 15.0. The van der Waals surface area contributed by atoms with Gasteiger partial charge < -0.3 is 18.8 Å². The van der Waals surface area contributed by atoms with Gasteiger partial charge in [0.15, 0.2) is 15.6 Å². The molecule has 0 N–H and O–H groups in total. The Labute approximate surface area is 197 Å². The third-order valence-electron chi connectivity index (χ3n) is 6.30. The molecule has 32 heavy (non-hydrogen) atoms. The minimum absolute atomic E-state index is 0.0778. The standard InChI is InChI=1S/C23H45N3O4Si2/c1-19(2)23(3,4)31-30-12-8-9-20-17-26(18-29-15-16-32(5,6)7)22(27)21(24-20)25-10-13-28-14-11-25/h17,19H,8-16,18,31H2,1-7H3. The van der Waals surface area contributed by atoms with Gasteiger partial charge in [0.25, 0.3) is 5.56 Å². The zero-order valence-electron chi connectivity index (χ0n) is 21.4. The first-order valence-electron chi connectivity index (χ1n) is 12.1. The maximum Gasteiger partial charge on any atom is 0.295 e. The zero-order valence-corrected chi connectivity index (χ0v) is 23.8. The molecule has 2 rings (SSSR count). The molecule has 0 radical (unpaired) electrons. The number of nitrogens with zero attached hydrogens (tertiary/aromatic N) is 3. The van der Waals surface area contributed by atoms with Crippen molar-refractivity contribution in [2.75, 3.05) is 44.4 Å². The van der Waals surface area contributed by atoms with Crippen molar-refractivity contribution in [2.24, 2.45) is 5.92 Å². The van der Waals surface area contributed by atoms with Crippen LogP contribution in [-0.2, 0) is 27.1 Å². The summed E-state index contributed by atoms with van der Waals surface area (Å²) in [5, 5.41) is 0.308. The van der Waals surface area contributed by atoms with Crippen LogP contribution in [0.3, 0.4) is 0 Å². The molecule has 1 aliphatic rings. The van der Waals surface area contributed by atoms with Gasteiger partial charge in [-0.05, 0) is 29.8 Å². The highest BCUT2D eigenvalue weighted by Gasteiger charge is 2.23. The van der Waals surface area contributed by atoms with Gasteiger partial charge in [-0.2, -0.15) is 0 Å². The molecule has 0 saturated carbocycles. The fourth-order valence-electron chi connectivity index (χ4n) is 3.18. The maximum atomic E-state index is 13.1. The Balaban J connectivity index is 2.02. The van der Waals surface area contributed by atoms with E-state index in [1.807, 2.05) is 11.1 Å². The molecular weight excluding hydrogens is 438 g/mol. The van der Waals surface area contributed by atoms with E-state index in [1.54, 1.807) is 4.57 Å². The van der Waals surface area contributed by atoms with E-state index in [2.05, 4.69) is 47.3 Å². The van der Waals surface area contributed by atoms with E-state index in [0.29, 0.717) is 49.7 Å². The van der Waals surface area contributed by atoms with Crippen molar-refractivity contribution in [1.82, 2.24) is 9.55 Å². The van der Waals surface area contributed by atoms with E-state index in [4.69, 9.17) is 18.9 Å². The molecule has 9 heteroatoms. The summed E-state index contributed by atoms with van der Waals surface area (Å²) >= 11 is 0. The summed E-state index contributed by atoms with van der Waals surface area (Å²) in [5.74, 6) is 1.16. The average Bonchev–Trinajstić information content (AvgIpc) is 2.72. The molecule has 7 nitrogen and oxygen atoms in total. The summed E-state index contributed by atoms with van der Waals surface area (Å²) in [4.78, 5) is 19.9. The van der Waals surface area contributed by atoms with Crippen LogP contribution >= 0.6 is 0 Å². The molecule has 1 fully saturated rings. The summed E-state index contributed by atoms with van der Waals surface area (Å²) in [7, 11) is -1.75. The zero-order chi connectivity index (χ0) is 23.8. The summed E-state index contributed by atoms with van der Waals surface area (Å²) in [5.41, 5.74) is 0.847. The number of aromatic nitrogens is 2. The van der Waals surface area contributed by atoms with Crippen LogP contribution in [0.15, 0.2) is 11.0 Å². The van der Waals surface area contributed by atoms with Gasteiger partial charge in [0.1, 0.15) is 6.73 Å². The number of aryl methyl sites for hydroxylation is 1. The van der Waals surface area contributed by atoms with Gasteiger partial charge in [0, 0.05) is 40.6 Å². The van der Waals surface area contributed by atoms with Gasteiger partial charge in [-0.25, -0.2) is 4.98 Å². The molecule has 0 aromatic carbocycles. The summed E-state index contributed by atoms with van der Waals surface area (Å²) in [6.45, 7) is 20.5. The topological polar surface area (TPSA) is 65.8 Å². The van der Waals surface area contributed by atoms with Gasteiger partial charge in [-0.1, -0.05) is 47.3 Å². The van der Waals surface area contributed by atoms with Crippen molar-refractivity contribution in [1.29, 1.82) is 0 Å². The average molecular weight is 484 g/mol. The van der Waals surface area contributed by atoms with Crippen LogP contribution in [-0.4, -0.2) is 66.9 Å². The van der Waals surface area contributed by atoms with Crippen molar-refractivity contribution in [3.05, 3.63) is 22.2 Å². The lowest BCUT2D eigenvalue weighted by Gasteiger charge is -2.28. The van der Waals surface area contributed by atoms with Crippen molar-refractivity contribution in [2.45, 2.75) is 78.0 Å². The second kappa shape index (κ2) is 12.5. The first kappa shape index (κ1) is 27.2. The quantitative estimate of drug-likeness (QED) is 0.317. The Morgan fingerprint density at radius 2 is 1.91 bits per heavy atom. The van der Waals surface area contributed by atoms with Crippen LogP contribution < -0.4 is 10.5 Å². The predicted octanol–water partition coefficient (Wildman–Crippen LogP) is 3.28. The SMILES string of the molecule is CC(C)C(C)(C)[SiH2]OCCCc1cn(COCC[Si](C)(C)C)c(=O)c(N2CCOCC2)n1. The van der Waals surface area contributed by atoms with Crippen molar-refractivity contribution < 1.29 is 13.9 Å². The lowest BCUT2D eigenvalue weighted by molar-refractivity contribution is 0.0841. The smallest absolute Gasteiger partial charge is 0.295 e. The highest BCUT2D eigenvalue weighted by Crippen LogP contribution is 2.32. The normalized spacial score (nSPS) is 15.9. The monoisotopic (exact) mass is 483 g/mol. The molecule has 0 atom stereocenters. The van der Waals surface area contributed by atoms with Crippen LogP contribution in [0, 0.1) is 5.92 Å². The third-order valence-corrected chi connectivity index (χ3v) is 10.1. The fourth-order valence-corrected chi connectivity index (χ4v) is 5.14. The van der Waals surface area contributed by atoms with Gasteiger partial charge in [0.2, 0.25) is 0 Å². The highest BCUT2D eigenvalue weighted by atomic mass is 28.3. The van der Waals surface area contributed by atoms with Gasteiger partial charge in [-0.3, -0.25) is 9.36 Å². The number of hydrogen-bond donors (Lipinski definition) is 0. The first-order valence-corrected chi connectivity index (χ1v) is 17.1. The maximum absolute atomic E-state index is 13.1. The Kier molecular flexibility index (Phi) is 10.6. The molecule has 0 bridgehead atoms. The molecule has 0 unspecified atom stereocenters. The Morgan fingerprint density at radius 3 is 2.53 bits per heavy atom. The highest BCUT2D eigenvalue weighted by molar-refractivity contribution is 6.76. The minimum atomic E-state index is -1.16. The Hall–Kier alpha value is -1.01. The molecular formula is C23H45N3O4Si2. The van der Waals surface area contributed by atoms with Gasteiger partial charge in [0.05, 0.1) is 18.9 Å². The van der Waals surface area contributed by atoms with E-state index in [0.717, 1.165) is 31.2 Å². The van der Waals surface area contributed by atoms with Gasteiger partial charge in [-0.15, -0.1) is 0 Å². The molecule has 1 aromatic rings. The van der Waals surface area contributed by atoms with Crippen molar-refractivity contribution in [3.63, 3.8) is 0 Å². The predicted molar refractivity (Wildman–Crippen MR) is 137 cm³/mol.